The number of hydrogen-bond acceptors (Lipinski definition) is 6. The number of carbonyl (C=O) groups excluding carboxylic acids is 2. The monoisotopic (exact) mass is 469 g/mol. The van der Waals surface area contributed by atoms with E-state index >= 15 is 0 Å². The molecule has 2 aromatic heterocycles. The molecular formula is C20H15N5O2SSe. The van der Waals surface area contributed by atoms with Gasteiger partial charge in [-0.05, 0) is 0 Å². The van der Waals surface area contributed by atoms with Crippen LogP contribution in [0.3, 0.4) is 0 Å². The number of carbonyl (C=O) groups is 2. The van der Waals surface area contributed by atoms with Crippen molar-refractivity contribution in [2.75, 3.05) is 11.9 Å². The summed E-state index contributed by atoms with van der Waals surface area (Å²) in [6.45, 7) is 0. The SMILES string of the molecule is CN1C(=O)/C(=C/c2ccc(N(c3ccccc3)c3cnccn3)[se]2)C(=O)NC1=S. The van der Waals surface area contributed by atoms with Gasteiger partial charge in [-0.1, -0.05) is 0 Å². The second kappa shape index (κ2) is 8.08. The Kier molecular flexibility index (Phi) is 5.35. The summed E-state index contributed by atoms with van der Waals surface area (Å²) in [5.41, 5.74) is 1.04. The summed E-state index contributed by atoms with van der Waals surface area (Å²) < 4.78 is 1.92. The molecule has 0 saturated carbocycles. The van der Waals surface area contributed by atoms with E-state index in [9.17, 15) is 9.59 Å². The zero-order valence-electron chi connectivity index (χ0n) is 15.3. The van der Waals surface area contributed by atoms with Crippen LogP contribution < -0.4 is 10.2 Å². The normalized spacial score (nSPS) is 15.6. The van der Waals surface area contributed by atoms with Crippen molar-refractivity contribution in [1.29, 1.82) is 0 Å². The van der Waals surface area contributed by atoms with E-state index in [4.69, 9.17) is 12.2 Å². The molecule has 3 heterocycles. The van der Waals surface area contributed by atoms with Crippen LogP contribution in [0.5, 0.6) is 0 Å². The average Bonchev–Trinajstić information content (AvgIpc) is 3.19. The van der Waals surface area contributed by atoms with Gasteiger partial charge in [0.05, 0.1) is 0 Å². The number of hydrogen-bond donors (Lipinski definition) is 1. The number of thiocarbonyl (C=S) groups is 1. The number of aromatic nitrogens is 2. The van der Waals surface area contributed by atoms with Crippen molar-refractivity contribution < 1.29 is 9.59 Å². The Hall–Kier alpha value is -3.13. The Bertz CT molecular complexity index is 1070. The van der Waals surface area contributed by atoms with Gasteiger partial charge in [0.15, 0.2) is 0 Å². The molecule has 0 atom stereocenters. The molecule has 0 unspecified atom stereocenters. The number of nitrogens with one attached hydrogen (secondary N) is 1. The van der Waals surface area contributed by atoms with Gasteiger partial charge in [-0.2, -0.15) is 0 Å². The molecule has 7 nitrogen and oxygen atoms in total. The Morgan fingerprint density at radius 3 is 2.66 bits per heavy atom. The van der Waals surface area contributed by atoms with Gasteiger partial charge >= 0.3 is 179 Å². The first kappa shape index (κ1) is 19.2. The number of anilines is 3. The van der Waals surface area contributed by atoms with E-state index in [2.05, 4.69) is 15.3 Å². The van der Waals surface area contributed by atoms with Gasteiger partial charge in [0.25, 0.3) is 0 Å². The number of benzene rings is 1. The standard InChI is InChI=1S/C20H15N5O2SSe/c1-24-19(27)15(18(26)23-20(24)28)11-14-7-8-17(29-14)25(13-5-3-2-4-6-13)16-12-21-9-10-22-16/h2-12H,1H3,(H,23,26,28)/b15-11+. The van der Waals surface area contributed by atoms with Crippen LogP contribution in [0.15, 0.2) is 66.6 Å². The van der Waals surface area contributed by atoms with E-state index < -0.39 is 11.8 Å². The number of likely N-dealkylation sites (N-methyl/N-ethyl adjacent to an activating group) is 1. The molecule has 0 radical (unpaired) electrons. The van der Waals surface area contributed by atoms with Crippen LogP contribution in [0.4, 0.5) is 16.1 Å². The summed E-state index contributed by atoms with van der Waals surface area (Å²) in [5, 5.41) is 2.64. The van der Waals surface area contributed by atoms with Gasteiger partial charge < -0.3 is 0 Å². The van der Waals surface area contributed by atoms with Gasteiger partial charge in [0.2, 0.25) is 0 Å². The van der Waals surface area contributed by atoms with Gasteiger partial charge in [-0.15, -0.1) is 0 Å². The Morgan fingerprint density at radius 1 is 1.14 bits per heavy atom. The van der Waals surface area contributed by atoms with Crippen LogP contribution in [-0.2, 0) is 9.59 Å². The molecule has 0 spiro atoms. The fourth-order valence-corrected chi connectivity index (χ4v) is 5.02. The fourth-order valence-electron chi connectivity index (χ4n) is 2.78. The predicted molar refractivity (Wildman–Crippen MR) is 115 cm³/mol. The van der Waals surface area contributed by atoms with Gasteiger partial charge in [0, 0.05) is 0 Å². The maximum atomic E-state index is 12.4. The van der Waals surface area contributed by atoms with Crippen molar-refractivity contribution in [3.8, 4) is 0 Å². The molecule has 1 aliphatic rings. The van der Waals surface area contributed by atoms with Crippen LogP contribution in [0.2, 0.25) is 0 Å². The summed E-state index contributed by atoms with van der Waals surface area (Å²) in [7, 11) is 1.54. The maximum absolute atomic E-state index is 12.4. The van der Waals surface area contributed by atoms with Crippen LogP contribution in [0, 0.1) is 0 Å². The molecule has 4 rings (SSSR count). The molecule has 1 aromatic carbocycles. The Morgan fingerprint density at radius 2 is 1.93 bits per heavy atom. The third-order valence-corrected chi connectivity index (χ3v) is 6.73. The summed E-state index contributed by atoms with van der Waals surface area (Å²) in [5.74, 6) is -0.180. The first-order valence-corrected chi connectivity index (χ1v) is 10.7. The van der Waals surface area contributed by atoms with E-state index in [-0.39, 0.29) is 25.2 Å². The minimum atomic E-state index is -0.475. The molecule has 3 aromatic rings. The van der Waals surface area contributed by atoms with Crippen molar-refractivity contribution in [1.82, 2.24) is 20.2 Å². The van der Waals surface area contributed by atoms with Crippen molar-refractivity contribution in [3.05, 3.63) is 71.1 Å². The average molecular weight is 468 g/mol. The molecular weight excluding hydrogens is 453 g/mol. The Labute approximate surface area is 178 Å². The quantitative estimate of drug-likeness (QED) is 0.274. The third-order valence-electron chi connectivity index (χ3n) is 4.22. The Balaban J connectivity index is 1.72. The number of nitrogens with zero attached hydrogens (tertiary/aromatic N) is 4. The van der Waals surface area contributed by atoms with E-state index in [0.717, 1.165) is 14.7 Å². The van der Waals surface area contributed by atoms with E-state index in [1.165, 1.54) is 4.90 Å². The van der Waals surface area contributed by atoms with Gasteiger partial charge in [-0.3, -0.25) is 0 Å². The third kappa shape index (κ3) is 3.88. The van der Waals surface area contributed by atoms with Crippen LogP contribution >= 0.6 is 12.2 Å². The minimum absolute atomic E-state index is 0.0784. The molecule has 0 bridgehead atoms. The van der Waals surface area contributed by atoms with Crippen LogP contribution in [0.1, 0.15) is 4.44 Å². The molecule has 1 saturated heterocycles. The number of rotatable bonds is 4. The molecule has 1 fully saturated rings. The molecule has 0 aliphatic carbocycles. The fraction of sp³-hybridized carbons (Fsp3) is 0.0500. The predicted octanol–water partition coefficient (Wildman–Crippen LogP) is 2.26. The molecule has 1 N–H and O–H groups in total. The van der Waals surface area contributed by atoms with Crippen molar-refractivity contribution >= 4 is 65.8 Å². The first-order chi connectivity index (χ1) is 14.0. The van der Waals surface area contributed by atoms with E-state index in [0.29, 0.717) is 5.82 Å². The summed E-state index contributed by atoms with van der Waals surface area (Å²) >= 11 is 4.84. The number of amides is 2. The molecule has 144 valence electrons. The van der Waals surface area contributed by atoms with Crippen molar-refractivity contribution in [3.63, 3.8) is 0 Å². The summed E-state index contributed by atoms with van der Waals surface area (Å²) in [6, 6.07) is 13.8. The zero-order chi connectivity index (χ0) is 20.4. The van der Waals surface area contributed by atoms with Crippen LogP contribution in [0.25, 0.3) is 6.08 Å². The van der Waals surface area contributed by atoms with Crippen LogP contribution in [-0.4, -0.2) is 53.3 Å². The number of para-hydroxylation sites is 1. The van der Waals surface area contributed by atoms with E-state index in [1.54, 1.807) is 31.7 Å². The zero-order valence-corrected chi connectivity index (χ0v) is 17.8. The summed E-state index contributed by atoms with van der Waals surface area (Å²) in [4.78, 5) is 36.6. The molecule has 29 heavy (non-hydrogen) atoms. The second-order valence-corrected chi connectivity index (χ2v) is 8.77. The van der Waals surface area contributed by atoms with Crippen molar-refractivity contribution in [2.45, 2.75) is 0 Å². The van der Waals surface area contributed by atoms with Crippen molar-refractivity contribution in [2.24, 2.45) is 0 Å². The molecule has 2 amide bonds. The molecule has 1 aliphatic heterocycles. The van der Waals surface area contributed by atoms with Gasteiger partial charge in [-0.25, -0.2) is 0 Å². The van der Waals surface area contributed by atoms with E-state index in [1.807, 2.05) is 47.4 Å². The first-order valence-electron chi connectivity index (χ1n) is 8.60. The van der Waals surface area contributed by atoms with Gasteiger partial charge in [0.1, 0.15) is 0 Å². The second-order valence-electron chi connectivity index (χ2n) is 6.09. The summed E-state index contributed by atoms with van der Waals surface area (Å²) in [6.07, 6.45) is 6.62. The topological polar surface area (TPSA) is 78.4 Å². The molecule has 9 heteroatoms.